The SMILES string of the molecule is CNc1cc(C(=O)[O-])cc(C(=O)[O-])c1.[Na+].[Na+]. The fraction of sp³-hybridized carbons (Fsp3) is 0.111. The summed E-state index contributed by atoms with van der Waals surface area (Å²) in [6, 6.07) is 3.55. The topological polar surface area (TPSA) is 92.3 Å². The zero-order valence-corrected chi connectivity index (χ0v) is 13.4. The van der Waals surface area contributed by atoms with Gasteiger partial charge >= 0.3 is 59.1 Å². The van der Waals surface area contributed by atoms with Gasteiger partial charge in [-0.2, -0.15) is 0 Å². The van der Waals surface area contributed by atoms with Gasteiger partial charge in [0.25, 0.3) is 0 Å². The van der Waals surface area contributed by atoms with Gasteiger partial charge in [0, 0.05) is 12.7 Å². The molecule has 0 atom stereocenters. The summed E-state index contributed by atoms with van der Waals surface area (Å²) in [6.07, 6.45) is 0. The molecule has 0 aliphatic carbocycles. The first-order valence-corrected chi connectivity index (χ1v) is 3.80. The van der Waals surface area contributed by atoms with Crippen LogP contribution in [0.2, 0.25) is 0 Å². The van der Waals surface area contributed by atoms with Gasteiger partial charge in [0.2, 0.25) is 0 Å². The van der Waals surface area contributed by atoms with Gasteiger partial charge in [-0.15, -0.1) is 0 Å². The molecule has 0 unspecified atom stereocenters. The number of anilines is 1. The molecule has 1 N–H and O–H groups in total. The van der Waals surface area contributed by atoms with Crippen molar-refractivity contribution in [2.45, 2.75) is 0 Å². The second-order valence-electron chi connectivity index (χ2n) is 2.62. The summed E-state index contributed by atoms with van der Waals surface area (Å²) >= 11 is 0. The maximum Gasteiger partial charge on any atom is 1.00 e. The summed E-state index contributed by atoms with van der Waals surface area (Å²) in [5.74, 6) is -2.85. The Kier molecular flexibility index (Phi) is 9.29. The van der Waals surface area contributed by atoms with Crippen molar-refractivity contribution in [3.63, 3.8) is 0 Å². The van der Waals surface area contributed by atoms with Crippen LogP contribution in [0.5, 0.6) is 0 Å². The third-order valence-corrected chi connectivity index (χ3v) is 1.69. The van der Waals surface area contributed by atoms with Gasteiger partial charge in [0.15, 0.2) is 0 Å². The molecule has 5 nitrogen and oxygen atoms in total. The number of rotatable bonds is 3. The third kappa shape index (κ3) is 4.86. The molecule has 0 aliphatic rings. The molecule has 0 radical (unpaired) electrons. The number of hydrogen-bond donors (Lipinski definition) is 1. The zero-order valence-electron chi connectivity index (χ0n) is 9.37. The Morgan fingerprint density at radius 2 is 1.38 bits per heavy atom. The summed E-state index contributed by atoms with van der Waals surface area (Å²) < 4.78 is 0. The predicted molar refractivity (Wildman–Crippen MR) is 44.6 cm³/mol. The first-order chi connectivity index (χ1) is 6.54. The van der Waals surface area contributed by atoms with Crippen LogP contribution in [0.25, 0.3) is 0 Å². The van der Waals surface area contributed by atoms with Gasteiger partial charge in [-0.05, 0) is 29.3 Å². The molecule has 16 heavy (non-hydrogen) atoms. The molecule has 1 aromatic rings. The molecule has 0 saturated carbocycles. The van der Waals surface area contributed by atoms with E-state index in [-0.39, 0.29) is 70.2 Å². The number of carboxylic acid groups (broad SMARTS) is 2. The van der Waals surface area contributed by atoms with Crippen LogP contribution in [-0.4, -0.2) is 19.0 Å². The van der Waals surface area contributed by atoms with E-state index in [1.807, 2.05) is 0 Å². The minimum absolute atomic E-state index is 0. The predicted octanol–water partition coefficient (Wildman–Crippen LogP) is -7.54. The van der Waals surface area contributed by atoms with Crippen molar-refractivity contribution in [3.05, 3.63) is 29.3 Å². The maximum absolute atomic E-state index is 10.5. The summed E-state index contributed by atoms with van der Waals surface area (Å²) in [4.78, 5) is 21.0. The van der Waals surface area contributed by atoms with E-state index in [4.69, 9.17) is 0 Å². The second kappa shape index (κ2) is 8.11. The second-order valence-corrected chi connectivity index (χ2v) is 2.62. The summed E-state index contributed by atoms with van der Waals surface area (Å²) in [6.45, 7) is 0. The fourth-order valence-electron chi connectivity index (χ4n) is 1.01. The first kappa shape index (κ1) is 18.3. The van der Waals surface area contributed by atoms with E-state index in [1.165, 1.54) is 12.1 Å². The van der Waals surface area contributed by atoms with E-state index < -0.39 is 11.9 Å². The Labute approximate surface area is 137 Å². The molecule has 0 aromatic heterocycles. The normalized spacial score (nSPS) is 8.31. The molecule has 0 aliphatic heterocycles. The molecule has 0 heterocycles. The van der Waals surface area contributed by atoms with Gasteiger partial charge < -0.3 is 25.1 Å². The zero-order chi connectivity index (χ0) is 10.7. The average molecular weight is 239 g/mol. The number of benzene rings is 1. The largest absolute Gasteiger partial charge is 1.00 e. The molecule has 1 aromatic carbocycles. The number of carbonyl (C=O) groups excluding carboxylic acids is 2. The van der Waals surface area contributed by atoms with Crippen molar-refractivity contribution in [1.82, 2.24) is 0 Å². The van der Waals surface area contributed by atoms with Crippen LogP contribution >= 0.6 is 0 Å². The smallest absolute Gasteiger partial charge is 0.545 e. The number of carbonyl (C=O) groups is 2. The molecule has 0 bridgehead atoms. The quantitative estimate of drug-likeness (QED) is 0.529. The third-order valence-electron chi connectivity index (χ3n) is 1.69. The molecule has 74 valence electrons. The van der Waals surface area contributed by atoms with E-state index >= 15 is 0 Å². The fourth-order valence-corrected chi connectivity index (χ4v) is 1.01. The molecule has 0 spiro atoms. The van der Waals surface area contributed by atoms with E-state index in [9.17, 15) is 19.8 Å². The van der Waals surface area contributed by atoms with E-state index in [0.29, 0.717) is 5.69 Å². The molecular formula is C9H7NNa2O4. The van der Waals surface area contributed by atoms with E-state index in [0.717, 1.165) is 6.07 Å². The van der Waals surface area contributed by atoms with E-state index in [2.05, 4.69) is 5.32 Å². The van der Waals surface area contributed by atoms with Crippen LogP contribution in [0.3, 0.4) is 0 Å². The number of nitrogens with one attached hydrogen (secondary N) is 1. The van der Waals surface area contributed by atoms with Gasteiger partial charge in [-0.25, -0.2) is 0 Å². The molecule has 0 saturated heterocycles. The maximum atomic E-state index is 10.5. The van der Waals surface area contributed by atoms with Crippen LogP contribution in [0.15, 0.2) is 18.2 Å². The van der Waals surface area contributed by atoms with Gasteiger partial charge in [0.1, 0.15) is 0 Å². The Bertz CT molecular complexity index is 363. The van der Waals surface area contributed by atoms with Crippen LogP contribution in [0.1, 0.15) is 20.7 Å². The monoisotopic (exact) mass is 239 g/mol. The van der Waals surface area contributed by atoms with Crippen LogP contribution in [0, 0.1) is 0 Å². The van der Waals surface area contributed by atoms with Crippen LogP contribution < -0.4 is 74.6 Å². The van der Waals surface area contributed by atoms with Gasteiger partial charge in [0.05, 0.1) is 11.9 Å². The van der Waals surface area contributed by atoms with Crippen molar-refractivity contribution in [3.8, 4) is 0 Å². The van der Waals surface area contributed by atoms with Crippen LogP contribution in [-0.2, 0) is 0 Å². The van der Waals surface area contributed by atoms with E-state index in [1.54, 1.807) is 7.05 Å². The van der Waals surface area contributed by atoms with Crippen molar-refractivity contribution >= 4 is 17.6 Å². The van der Waals surface area contributed by atoms with Gasteiger partial charge in [-0.3, -0.25) is 0 Å². The summed E-state index contributed by atoms with van der Waals surface area (Å²) in [5.41, 5.74) is -0.0157. The van der Waals surface area contributed by atoms with Crippen molar-refractivity contribution in [2.75, 3.05) is 12.4 Å². The minimum atomic E-state index is -1.43. The van der Waals surface area contributed by atoms with Crippen molar-refractivity contribution in [1.29, 1.82) is 0 Å². The van der Waals surface area contributed by atoms with Crippen LogP contribution in [0.4, 0.5) is 5.69 Å². The molecular weight excluding hydrogens is 232 g/mol. The molecule has 1 rings (SSSR count). The Morgan fingerprint density at radius 3 is 1.62 bits per heavy atom. The molecule has 0 fully saturated rings. The van der Waals surface area contributed by atoms with Crippen molar-refractivity contribution < 1.29 is 78.9 Å². The molecule has 7 heteroatoms. The van der Waals surface area contributed by atoms with Crippen molar-refractivity contribution in [2.24, 2.45) is 0 Å². The Morgan fingerprint density at radius 1 is 1.00 bits per heavy atom. The Hall–Kier alpha value is -0.0400. The standard InChI is InChI=1S/C9H9NO4.2Na/c1-10-7-3-5(8(11)12)2-6(4-7)9(13)14;;/h2-4,10H,1H3,(H,11,12)(H,13,14);;/q;2*+1/p-2. The number of carboxylic acids is 2. The molecule has 0 amide bonds. The summed E-state index contributed by atoms with van der Waals surface area (Å²) in [7, 11) is 1.55. The Balaban J connectivity index is 0. The minimum Gasteiger partial charge on any atom is -0.545 e. The average Bonchev–Trinajstić information content (AvgIpc) is 2.16. The number of hydrogen-bond acceptors (Lipinski definition) is 5. The summed E-state index contributed by atoms with van der Waals surface area (Å²) in [5, 5.41) is 23.6. The number of aromatic carboxylic acids is 2. The van der Waals surface area contributed by atoms with Gasteiger partial charge in [-0.1, -0.05) is 0 Å². The first-order valence-electron chi connectivity index (χ1n) is 3.80.